The molecule has 0 aliphatic carbocycles. The number of hydrogen-bond acceptors (Lipinski definition) is 2. The zero-order valence-corrected chi connectivity index (χ0v) is 12.8. The Kier molecular flexibility index (Phi) is 6.32. The van der Waals surface area contributed by atoms with E-state index < -0.39 is 0 Å². The van der Waals surface area contributed by atoms with E-state index in [1.807, 2.05) is 9.80 Å². The molecule has 0 saturated carbocycles. The molecule has 0 bridgehead atoms. The van der Waals surface area contributed by atoms with Crippen molar-refractivity contribution in [1.82, 2.24) is 9.80 Å². The second-order valence-electron chi connectivity index (χ2n) is 5.92. The molecule has 2 saturated heterocycles. The molecule has 0 aromatic rings. The van der Waals surface area contributed by atoms with Gasteiger partial charge in [-0.3, -0.25) is 9.59 Å². The van der Waals surface area contributed by atoms with Gasteiger partial charge < -0.3 is 9.80 Å². The molecule has 4 heteroatoms. The largest absolute Gasteiger partial charge is 0.340 e. The summed E-state index contributed by atoms with van der Waals surface area (Å²) >= 11 is 0. The van der Waals surface area contributed by atoms with E-state index in [2.05, 4.69) is 27.7 Å². The Balaban J connectivity index is 0.000000191. The van der Waals surface area contributed by atoms with Crippen LogP contribution in [0.4, 0.5) is 0 Å². The molecule has 2 amide bonds. The molecule has 0 atom stereocenters. The normalized spacial score (nSPS) is 20.1. The second kappa shape index (κ2) is 7.51. The van der Waals surface area contributed by atoms with Crippen LogP contribution in [0, 0.1) is 0 Å². The van der Waals surface area contributed by atoms with E-state index in [9.17, 15) is 9.59 Å². The Morgan fingerprint density at radius 3 is 1.47 bits per heavy atom. The summed E-state index contributed by atoms with van der Waals surface area (Å²) < 4.78 is 0. The van der Waals surface area contributed by atoms with Crippen molar-refractivity contribution in [3.63, 3.8) is 0 Å². The highest BCUT2D eigenvalue weighted by molar-refractivity contribution is 5.78. The molecular weight excluding hydrogens is 240 g/mol. The summed E-state index contributed by atoms with van der Waals surface area (Å²) in [6.45, 7) is 10.2. The molecule has 0 radical (unpaired) electrons. The van der Waals surface area contributed by atoms with E-state index in [4.69, 9.17) is 0 Å². The minimum Gasteiger partial charge on any atom is -0.340 e. The number of carbonyl (C=O) groups excluding carboxylic acids is 2. The van der Waals surface area contributed by atoms with Crippen molar-refractivity contribution in [1.29, 1.82) is 0 Å². The van der Waals surface area contributed by atoms with Gasteiger partial charge in [0.25, 0.3) is 0 Å². The van der Waals surface area contributed by atoms with Gasteiger partial charge in [-0.1, -0.05) is 0 Å². The van der Waals surface area contributed by atoms with Crippen LogP contribution in [0.25, 0.3) is 0 Å². The fourth-order valence-corrected chi connectivity index (χ4v) is 2.59. The standard InChI is InChI=1S/C8H15NO.C7H13NO/c1-7(2)9-6-4-3-5-8(9)10;1-6(2)8-5-3-4-7(8)9/h7H,3-6H2,1-2H3;6H,3-5H2,1-2H3. The predicted molar refractivity (Wildman–Crippen MR) is 76.8 cm³/mol. The molecule has 0 spiro atoms. The van der Waals surface area contributed by atoms with Crippen molar-refractivity contribution in [3.8, 4) is 0 Å². The van der Waals surface area contributed by atoms with Crippen LogP contribution in [-0.2, 0) is 9.59 Å². The van der Waals surface area contributed by atoms with Crippen molar-refractivity contribution in [2.45, 2.75) is 71.9 Å². The third-order valence-corrected chi connectivity index (χ3v) is 3.72. The summed E-state index contributed by atoms with van der Waals surface area (Å²) in [4.78, 5) is 26.0. The fourth-order valence-electron chi connectivity index (χ4n) is 2.59. The van der Waals surface area contributed by atoms with Gasteiger partial charge in [0.15, 0.2) is 0 Å². The van der Waals surface area contributed by atoms with Crippen molar-refractivity contribution in [2.75, 3.05) is 13.1 Å². The molecule has 2 aliphatic heterocycles. The minimum absolute atomic E-state index is 0.324. The number of carbonyl (C=O) groups is 2. The van der Waals surface area contributed by atoms with E-state index in [1.54, 1.807) is 0 Å². The van der Waals surface area contributed by atoms with E-state index >= 15 is 0 Å². The van der Waals surface area contributed by atoms with Gasteiger partial charge in [0.2, 0.25) is 11.8 Å². The zero-order chi connectivity index (χ0) is 14.4. The lowest BCUT2D eigenvalue weighted by Gasteiger charge is -2.30. The maximum Gasteiger partial charge on any atom is 0.222 e. The zero-order valence-electron chi connectivity index (χ0n) is 12.8. The van der Waals surface area contributed by atoms with Gasteiger partial charge in [-0.15, -0.1) is 0 Å². The Labute approximate surface area is 117 Å². The molecule has 19 heavy (non-hydrogen) atoms. The summed E-state index contributed by atoms with van der Waals surface area (Å²) in [5.41, 5.74) is 0. The van der Waals surface area contributed by atoms with Gasteiger partial charge in [0.1, 0.15) is 0 Å². The Morgan fingerprint density at radius 2 is 1.16 bits per heavy atom. The average molecular weight is 268 g/mol. The topological polar surface area (TPSA) is 40.6 Å². The van der Waals surface area contributed by atoms with Crippen LogP contribution in [0.5, 0.6) is 0 Å². The van der Waals surface area contributed by atoms with E-state index in [1.165, 1.54) is 6.42 Å². The molecule has 2 heterocycles. The van der Waals surface area contributed by atoms with Gasteiger partial charge in [-0.25, -0.2) is 0 Å². The number of likely N-dealkylation sites (tertiary alicyclic amines) is 2. The maximum absolute atomic E-state index is 11.2. The van der Waals surface area contributed by atoms with Gasteiger partial charge in [-0.05, 0) is 47.0 Å². The Bertz CT molecular complexity index is 313. The molecular formula is C15H28N2O2. The van der Waals surface area contributed by atoms with Crippen LogP contribution in [-0.4, -0.2) is 46.8 Å². The quantitative estimate of drug-likeness (QED) is 0.771. The molecule has 0 aromatic heterocycles. The molecule has 0 N–H and O–H groups in total. The highest BCUT2D eigenvalue weighted by atomic mass is 16.2. The number of rotatable bonds is 2. The molecule has 4 nitrogen and oxygen atoms in total. The van der Waals surface area contributed by atoms with Crippen LogP contribution in [0.15, 0.2) is 0 Å². The monoisotopic (exact) mass is 268 g/mol. The molecule has 2 rings (SSSR count). The number of amides is 2. The summed E-state index contributed by atoms with van der Waals surface area (Å²) in [7, 11) is 0. The first kappa shape index (κ1) is 16.0. The minimum atomic E-state index is 0.324. The van der Waals surface area contributed by atoms with Gasteiger partial charge in [0.05, 0.1) is 0 Å². The van der Waals surface area contributed by atoms with E-state index in [0.29, 0.717) is 23.9 Å². The van der Waals surface area contributed by atoms with Crippen molar-refractivity contribution in [3.05, 3.63) is 0 Å². The Morgan fingerprint density at radius 1 is 0.737 bits per heavy atom. The van der Waals surface area contributed by atoms with Gasteiger partial charge >= 0.3 is 0 Å². The van der Waals surface area contributed by atoms with Gasteiger partial charge in [-0.2, -0.15) is 0 Å². The van der Waals surface area contributed by atoms with Crippen molar-refractivity contribution < 1.29 is 9.59 Å². The predicted octanol–water partition coefficient (Wildman–Crippen LogP) is 2.42. The summed E-state index contributed by atoms with van der Waals surface area (Å²) in [5.74, 6) is 0.659. The summed E-state index contributed by atoms with van der Waals surface area (Å²) in [5, 5.41) is 0. The summed E-state index contributed by atoms with van der Waals surface area (Å²) in [6.07, 6.45) is 4.85. The van der Waals surface area contributed by atoms with Crippen molar-refractivity contribution >= 4 is 11.8 Å². The third-order valence-electron chi connectivity index (χ3n) is 3.72. The first-order chi connectivity index (χ1) is 8.93. The molecule has 110 valence electrons. The molecule has 0 aromatic carbocycles. The molecule has 2 fully saturated rings. The smallest absolute Gasteiger partial charge is 0.222 e. The third kappa shape index (κ3) is 4.84. The number of nitrogens with zero attached hydrogens (tertiary/aromatic N) is 2. The molecule has 2 aliphatic rings. The van der Waals surface area contributed by atoms with Crippen LogP contribution in [0.1, 0.15) is 59.8 Å². The lowest BCUT2D eigenvalue weighted by atomic mass is 10.1. The average Bonchev–Trinajstić information content (AvgIpc) is 2.76. The maximum atomic E-state index is 11.2. The van der Waals surface area contributed by atoms with Crippen LogP contribution < -0.4 is 0 Å². The first-order valence-corrected chi connectivity index (χ1v) is 7.52. The lowest BCUT2D eigenvalue weighted by molar-refractivity contribution is -0.135. The fraction of sp³-hybridized carbons (Fsp3) is 0.867. The van der Waals surface area contributed by atoms with Crippen LogP contribution >= 0.6 is 0 Å². The lowest BCUT2D eigenvalue weighted by Crippen LogP contribution is -2.40. The highest BCUT2D eigenvalue weighted by Crippen LogP contribution is 2.13. The molecule has 0 unspecified atom stereocenters. The van der Waals surface area contributed by atoms with Crippen LogP contribution in [0.2, 0.25) is 0 Å². The van der Waals surface area contributed by atoms with E-state index in [-0.39, 0.29) is 0 Å². The van der Waals surface area contributed by atoms with Gasteiger partial charge in [0, 0.05) is 38.0 Å². The number of piperidine rings is 1. The first-order valence-electron chi connectivity index (χ1n) is 7.52. The number of hydrogen-bond donors (Lipinski definition) is 0. The second-order valence-corrected chi connectivity index (χ2v) is 5.92. The summed E-state index contributed by atoms with van der Waals surface area (Å²) in [6, 6.07) is 0.799. The van der Waals surface area contributed by atoms with Crippen LogP contribution in [0.3, 0.4) is 0 Å². The van der Waals surface area contributed by atoms with Crippen molar-refractivity contribution in [2.24, 2.45) is 0 Å². The Hall–Kier alpha value is -1.06. The van der Waals surface area contributed by atoms with E-state index in [0.717, 1.165) is 38.8 Å². The highest BCUT2D eigenvalue weighted by Gasteiger charge is 2.21. The SMILES string of the molecule is CC(C)N1CCCC1=O.CC(C)N1CCCCC1=O.